The number of nitrogens with one attached hydrogen (secondary N) is 1. The van der Waals surface area contributed by atoms with E-state index in [1.807, 2.05) is 12.1 Å². The minimum atomic E-state index is -0.234. The number of hydrogen-bond acceptors (Lipinski definition) is 5. The van der Waals surface area contributed by atoms with Gasteiger partial charge in [0.2, 0.25) is 5.91 Å². The fraction of sp³-hybridized carbons (Fsp3) is 0.368. The zero-order valence-electron chi connectivity index (χ0n) is 14.8. The normalized spacial score (nSPS) is 14.5. The summed E-state index contributed by atoms with van der Waals surface area (Å²) in [5.41, 5.74) is 10.4. The van der Waals surface area contributed by atoms with Gasteiger partial charge in [0, 0.05) is 31.9 Å². The Morgan fingerprint density at radius 3 is 2.48 bits per heavy atom. The molecule has 6 heteroatoms. The van der Waals surface area contributed by atoms with Crippen LogP contribution < -0.4 is 20.9 Å². The number of aromatic nitrogens is 1. The molecule has 0 aliphatic carbocycles. The average Bonchev–Trinajstić information content (AvgIpc) is 2.65. The molecule has 132 valence electrons. The zero-order chi connectivity index (χ0) is 17.8. The maximum absolute atomic E-state index is 11.3. The zero-order valence-corrected chi connectivity index (χ0v) is 14.8. The molecule has 2 aromatic rings. The van der Waals surface area contributed by atoms with Crippen molar-refractivity contribution in [2.45, 2.75) is 13.8 Å². The first kappa shape index (κ1) is 17.2. The molecule has 2 heterocycles. The van der Waals surface area contributed by atoms with E-state index in [0.29, 0.717) is 5.82 Å². The van der Waals surface area contributed by atoms with Gasteiger partial charge in [0.15, 0.2) is 0 Å². The van der Waals surface area contributed by atoms with Gasteiger partial charge in [-0.2, -0.15) is 0 Å². The second kappa shape index (κ2) is 7.53. The molecule has 3 N–H and O–H groups in total. The number of nitrogens with zero attached hydrogens (tertiary/aromatic N) is 3. The Kier molecular flexibility index (Phi) is 5.19. The molecule has 1 aromatic carbocycles. The van der Waals surface area contributed by atoms with Crippen LogP contribution in [-0.4, -0.2) is 43.6 Å². The minimum Gasteiger partial charge on any atom is -0.368 e. The van der Waals surface area contributed by atoms with E-state index in [1.165, 1.54) is 16.8 Å². The van der Waals surface area contributed by atoms with E-state index < -0.39 is 0 Å². The number of pyridine rings is 1. The predicted octanol–water partition coefficient (Wildman–Crippen LogP) is 1.92. The number of piperazine rings is 1. The molecular weight excluding hydrogens is 314 g/mol. The van der Waals surface area contributed by atoms with Crippen LogP contribution in [0.1, 0.15) is 11.1 Å². The Labute approximate surface area is 148 Å². The Hall–Kier alpha value is -2.60. The number of anilines is 3. The molecule has 25 heavy (non-hydrogen) atoms. The first-order valence-corrected chi connectivity index (χ1v) is 8.60. The van der Waals surface area contributed by atoms with Gasteiger partial charge >= 0.3 is 0 Å². The second-order valence-electron chi connectivity index (χ2n) is 6.35. The van der Waals surface area contributed by atoms with Crippen molar-refractivity contribution in [2.24, 2.45) is 5.73 Å². The van der Waals surface area contributed by atoms with Crippen LogP contribution >= 0.6 is 0 Å². The van der Waals surface area contributed by atoms with Gasteiger partial charge < -0.3 is 20.9 Å². The maximum Gasteiger partial charge on any atom is 0.239 e. The van der Waals surface area contributed by atoms with Crippen molar-refractivity contribution >= 4 is 23.1 Å². The summed E-state index contributed by atoms with van der Waals surface area (Å²) < 4.78 is 0. The summed E-state index contributed by atoms with van der Waals surface area (Å²) in [5, 5.41) is 2.66. The SMILES string of the molecule is Cc1cccc(N2CCN(c3ccc(NC(=O)CN)nc3)CC2)c1C. The largest absolute Gasteiger partial charge is 0.368 e. The summed E-state index contributed by atoms with van der Waals surface area (Å²) in [6.45, 7) is 8.17. The first-order valence-electron chi connectivity index (χ1n) is 8.60. The molecule has 1 aliphatic rings. The Morgan fingerprint density at radius 2 is 1.84 bits per heavy atom. The quantitative estimate of drug-likeness (QED) is 0.890. The molecule has 1 fully saturated rings. The van der Waals surface area contributed by atoms with Crippen LogP contribution in [0.15, 0.2) is 36.5 Å². The number of rotatable bonds is 4. The molecule has 0 spiro atoms. The molecule has 0 bridgehead atoms. The lowest BCUT2D eigenvalue weighted by molar-refractivity contribution is -0.114. The van der Waals surface area contributed by atoms with Crippen molar-refractivity contribution in [3.05, 3.63) is 47.7 Å². The molecule has 3 rings (SSSR count). The van der Waals surface area contributed by atoms with Gasteiger partial charge in [0.1, 0.15) is 5.82 Å². The molecule has 0 atom stereocenters. The molecule has 1 aliphatic heterocycles. The van der Waals surface area contributed by atoms with E-state index in [-0.39, 0.29) is 12.5 Å². The van der Waals surface area contributed by atoms with Gasteiger partial charge in [-0.15, -0.1) is 0 Å². The molecule has 0 saturated carbocycles. The van der Waals surface area contributed by atoms with Crippen molar-refractivity contribution in [3.8, 4) is 0 Å². The van der Waals surface area contributed by atoms with E-state index in [2.05, 4.69) is 52.1 Å². The summed E-state index contributed by atoms with van der Waals surface area (Å²) in [6, 6.07) is 10.3. The molecular formula is C19H25N5O. The number of nitrogens with two attached hydrogens (primary N) is 1. The van der Waals surface area contributed by atoms with Crippen molar-refractivity contribution in [1.82, 2.24) is 4.98 Å². The topological polar surface area (TPSA) is 74.5 Å². The highest BCUT2D eigenvalue weighted by Gasteiger charge is 2.19. The molecule has 1 amide bonds. The number of carbonyl (C=O) groups excluding carboxylic acids is 1. The summed E-state index contributed by atoms with van der Waals surface area (Å²) in [4.78, 5) is 20.4. The predicted molar refractivity (Wildman–Crippen MR) is 102 cm³/mol. The van der Waals surface area contributed by atoms with Gasteiger partial charge in [0.05, 0.1) is 18.4 Å². The lowest BCUT2D eigenvalue weighted by Gasteiger charge is -2.38. The third-order valence-electron chi connectivity index (χ3n) is 4.76. The van der Waals surface area contributed by atoms with Crippen LogP contribution in [0.5, 0.6) is 0 Å². The Bertz CT molecular complexity index is 736. The minimum absolute atomic E-state index is 0.0379. The molecule has 1 saturated heterocycles. The summed E-state index contributed by atoms with van der Waals surface area (Å²) in [7, 11) is 0. The van der Waals surface area contributed by atoms with E-state index in [1.54, 1.807) is 6.20 Å². The fourth-order valence-electron chi connectivity index (χ4n) is 3.12. The smallest absolute Gasteiger partial charge is 0.239 e. The molecule has 6 nitrogen and oxygen atoms in total. The van der Waals surface area contributed by atoms with Crippen LogP contribution in [0.4, 0.5) is 17.2 Å². The number of carbonyl (C=O) groups is 1. The number of benzene rings is 1. The fourth-order valence-corrected chi connectivity index (χ4v) is 3.12. The van der Waals surface area contributed by atoms with Crippen LogP contribution in [-0.2, 0) is 4.79 Å². The third kappa shape index (κ3) is 3.91. The third-order valence-corrected chi connectivity index (χ3v) is 4.76. The first-order chi connectivity index (χ1) is 12.1. The number of amides is 1. The number of aryl methyl sites for hydroxylation is 1. The maximum atomic E-state index is 11.3. The number of hydrogen-bond donors (Lipinski definition) is 2. The van der Waals surface area contributed by atoms with Crippen LogP contribution in [0.25, 0.3) is 0 Å². The van der Waals surface area contributed by atoms with E-state index in [4.69, 9.17) is 5.73 Å². The monoisotopic (exact) mass is 339 g/mol. The lowest BCUT2D eigenvalue weighted by Crippen LogP contribution is -2.46. The van der Waals surface area contributed by atoms with Crippen molar-refractivity contribution in [3.63, 3.8) is 0 Å². The highest BCUT2D eigenvalue weighted by atomic mass is 16.1. The average molecular weight is 339 g/mol. The summed E-state index contributed by atoms with van der Waals surface area (Å²) >= 11 is 0. The molecule has 0 unspecified atom stereocenters. The molecule has 0 radical (unpaired) electrons. The molecule has 1 aromatic heterocycles. The Balaban J connectivity index is 1.62. The van der Waals surface area contributed by atoms with Gasteiger partial charge in [-0.05, 0) is 43.2 Å². The van der Waals surface area contributed by atoms with Crippen molar-refractivity contribution in [2.75, 3.05) is 47.8 Å². The van der Waals surface area contributed by atoms with Gasteiger partial charge in [-0.3, -0.25) is 4.79 Å². The van der Waals surface area contributed by atoms with Gasteiger partial charge in [0.25, 0.3) is 0 Å². The van der Waals surface area contributed by atoms with Gasteiger partial charge in [-0.1, -0.05) is 12.1 Å². The van der Waals surface area contributed by atoms with Crippen LogP contribution in [0, 0.1) is 13.8 Å². The highest BCUT2D eigenvalue weighted by Crippen LogP contribution is 2.25. The Morgan fingerprint density at radius 1 is 1.12 bits per heavy atom. The van der Waals surface area contributed by atoms with Gasteiger partial charge in [-0.25, -0.2) is 4.98 Å². The summed E-state index contributed by atoms with van der Waals surface area (Å²) in [6.07, 6.45) is 1.81. The summed E-state index contributed by atoms with van der Waals surface area (Å²) in [5.74, 6) is 0.301. The van der Waals surface area contributed by atoms with Crippen molar-refractivity contribution in [1.29, 1.82) is 0 Å². The second-order valence-corrected chi connectivity index (χ2v) is 6.35. The van der Waals surface area contributed by atoms with Crippen molar-refractivity contribution < 1.29 is 4.79 Å². The van der Waals surface area contributed by atoms with E-state index >= 15 is 0 Å². The van der Waals surface area contributed by atoms with Crippen LogP contribution in [0.2, 0.25) is 0 Å². The van der Waals surface area contributed by atoms with E-state index in [9.17, 15) is 4.79 Å². The standard InChI is InChI=1S/C19H25N5O/c1-14-4-3-5-17(15(14)2)24-10-8-23(9-11-24)16-6-7-18(21-13-16)22-19(25)12-20/h3-7,13H,8-12,20H2,1-2H3,(H,21,22,25). The van der Waals surface area contributed by atoms with E-state index in [0.717, 1.165) is 31.9 Å². The van der Waals surface area contributed by atoms with Crippen LogP contribution in [0.3, 0.4) is 0 Å². The highest BCUT2D eigenvalue weighted by molar-refractivity contribution is 5.91. The lowest BCUT2D eigenvalue weighted by atomic mass is 10.1.